The minimum Gasteiger partial charge on any atom is -0.349 e. The maximum absolute atomic E-state index is 12.5. The van der Waals surface area contributed by atoms with Gasteiger partial charge in [0.1, 0.15) is 0 Å². The number of nitrogens with one attached hydrogen (secondary N) is 1. The third-order valence-electron chi connectivity index (χ3n) is 5.63. The number of halogens is 2. The molecule has 0 radical (unpaired) electrons. The van der Waals surface area contributed by atoms with Crippen molar-refractivity contribution in [3.05, 3.63) is 33.8 Å². The van der Waals surface area contributed by atoms with Gasteiger partial charge in [0, 0.05) is 18.2 Å². The summed E-state index contributed by atoms with van der Waals surface area (Å²) in [6.45, 7) is 8.02. The van der Waals surface area contributed by atoms with Gasteiger partial charge in [-0.15, -0.1) is 0 Å². The van der Waals surface area contributed by atoms with Crippen molar-refractivity contribution in [1.82, 2.24) is 10.2 Å². The first kappa shape index (κ1) is 18.0. The Morgan fingerprint density at radius 2 is 1.96 bits per heavy atom. The molecule has 1 aliphatic carbocycles. The van der Waals surface area contributed by atoms with Gasteiger partial charge >= 0.3 is 0 Å². The number of carbonyl (C=O) groups excluding carboxylic acids is 1. The average Bonchev–Trinajstić information content (AvgIpc) is 2.54. The number of hydrogen-bond acceptors (Lipinski definition) is 2. The highest BCUT2D eigenvalue weighted by atomic mass is 35.5. The van der Waals surface area contributed by atoms with Crippen molar-refractivity contribution in [2.24, 2.45) is 11.3 Å². The zero-order valence-corrected chi connectivity index (χ0v) is 16.0. The zero-order valence-electron chi connectivity index (χ0n) is 14.4. The Kier molecular flexibility index (Phi) is 5.43. The molecule has 1 saturated carbocycles. The molecular formula is C19H26Cl2N2O. The predicted molar refractivity (Wildman–Crippen MR) is 99.9 cm³/mol. The quantitative estimate of drug-likeness (QED) is 0.840. The summed E-state index contributed by atoms with van der Waals surface area (Å²) in [6, 6.07) is 5.36. The molecule has 1 unspecified atom stereocenters. The van der Waals surface area contributed by atoms with E-state index in [1.807, 2.05) is 0 Å². The highest BCUT2D eigenvalue weighted by Crippen LogP contribution is 2.49. The van der Waals surface area contributed by atoms with Gasteiger partial charge in [-0.05, 0) is 68.3 Å². The molecule has 1 N–H and O–H groups in total. The second-order valence-corrected chi connectivity index (χ2v) is 8.56. The molecule has 2 aliphatic rings. The van der Waals surface area contributed by atoms with Gasteiger partial charge in [0.15, 0.2) is 0 Å². The molecule has 1 aliphatic heterocycles. The molecule has 0 bridgehead atoms. The molecule has 2 fully saturated rings. The second kappa shape index (κ2) is 7.23. The molecule has 1 aromatic rings. The summed E-state index contributed by atoms with van der Waals surface area (Å²) in [7, 11) is 0. The molecule has 0 aromatic heterocycles. The van der Waals surface area contributed by atoms with E-state index >= 15 is 0 Å². The third kappa shape index (κ3) is 3.74. The van der Waals surface area contributed by atoms with Crippen LogP contribution in [0.5, 0.6) is 0 Å². The van der Waals surface area contributed by atoms with E-state index in [0.29, 0.717) is 33.0 Å². The molecule has 3 nitrogen and oxygen atoms in total. The number of carbonyl (C=O) groups is 1. The smallest absolute Gasteiger partial charge is 0.251 e. The fourth-order valence-electron chi connectivity index (χ4n) is 4.10. The maximum atomic E-state index is 12.5. The van der Waals surface area contributed by atoms with Crippen LogP contribution in [0.1, 0.15) is 49.9 Å². The van der Waals surface area contributed by atoms with Crippen LogP contribution in [0.3, 0.4) is 0 Å². The Morgan fingerprint density at radius 1 is 1.25 bits per heavy atom. The van der Waals surface area contributed by atoms with Crippen molar-refractivity contribution < 1.29 is 4.79 Å². The van der Waals surface area contributed by atoms with Gasteiger partial charge < -0.3 is 10.2 Å². The molecule has 1 amide bonds. The lowest BCUT2D eigenvalue weighted by Gasteiger charge is -2.54. The lowest BCUT2D eigenvalue weighted by Crippen LogP contribution is -2.59. The molecule has 132 valence electrons. The molecule has 1 saturated heterocycles. The normalized spacial score (nSPS) is 23.3. The summed E-state index contributed by atoms with van der Waals surface area (Å²) in [5.41, 5.74) is 0.892. The molecule has 1 heterocycles. The Bertz CT molecular complexity index is 609. The van der Waals surface area contributed by atoms with Gasteiger partial charge in [0.25, 0.3) is 5.91 Å². The van der Waals surface area contributed by atoms with Crippen LogP contribution in [-0.2, 0) is 0 Å². The topological polar surface area (TPSA) is 32.3 Å². The molecule has 24 heavy (non-hydrogen) atoms. The standard InChI is InChI=1S/C19H26Cl2N2O/c1-13(2)12-23-9-7-19(8-10-23)6-5-17(19)22-18(24)14-3-4-15(20)16(21)11-14/h3-4,11,13,17H,5-10,12H2,1-2H3,(H,22,24). The summed E-state index contributed by atoms with van der Waals surface area (Å²) >= 11 is 12.0. The van der Waals surface area contributed by atoms with Gasteiger partial charge in [-0.2, -0.15) is 0 Å². The summed E-state index contributed by atoms with van der Waals surface area (Å²) in [4.78, 5) is 15.1. The van der Waals surface area contributed by atoms with Gasteiger partial charge in [0.2, 0.25) is 0 Å². The fourth-order valence-corrected chi connectivity index (χ4v) is 4.40. The number of likely N-dealkylation sites (tertiary alicyclic amines) is 1. The lowest BCUT2D eigenvalue weighted by molar-refractivity contribution is -0.00749. The summed E-state index contributed by atoms with van der Waals surface area (Å²) in [5.74, 6) is 0.674. The Hall–Kier alpha value is -0.770. The van der Waals surface area contributed by atoms with Crippen molar-refractivity contribution in [1.29, 1.82) is 0 Å². The van der Waals surface area contributed by atoms with Crippen molar-refractivity contribution in [2.45, 2.75) is 45.6 Å². The fraction of sp³-hybridized carbons (Fsp3) is 0.632. The van der Waals surface area contributed by atoms with Crippen LogP contribution in [0.4, 0.5) is 0 Å². The number of amides is 1. The van der Waals surface area contributed by atoms with Crippen LogP contribution in [0, 0.1) is 11.3 Å². The van der Waals surface area contributed by atoms with Crippen LogP contribution in [0.2, 0.25) is 10.0 Å². The van der Waals surface area contributed by atoms with E-state index in [2.05, 4.69) is 24.1 Å². The number of hydrogen-bond donors (Lipinski definition) is 1. The Labute approximate surface area is 154 Å². The predicted octanol–water partition coefficient (Wildman–Crippen LogP) is 4.62. The third-order valence-corrected chi connectivity index (χ3v) is 6.37. The Balaban J connectivity index is 1.58. The van der Waals surface area contributed by atoms with E-state index in [9.17, 15) is 4.79 Å². The number of piperidine rings is 1. The van der Waals surface area contributed by atoms with Gasteiger partial charge in [-0.1, -0.05) is 37.0 Å². The first-order valence-corrected chi connectivity index (χ1v) is 9.63. The van der Waals surface area contributed by atoms with E-state index in [-0.39, 0.29) is 5.91 Å². The van der Waals surface area contributed by atoms with Crippen molar-refractivity contribution >= 4 is 29.1 Å². The SMILES string of the molecule is CC(C)CN1CCC2(CCC2NC(=O)c2ccc(Cl)c(Cl)c2)CC1. The van der Waals surface area contributed by atoms with Crippen molar-refractivity contribution in [3.8, 4) is 0 Å². The van der Waals surface area contributed by atoms with Crippen LogP contribution in [0.25, 0.3) is 0 Å². The molecule has 5 heteroatoms. The van der Waals surface area contributed by atoms with Crippen LogP contribution in [-0.4, -0.2) is 36.5 Å². The van der Waals surface area contributed by atoms with E-state index in [1.54, 1.807) is 18.2 Å². The molecular weight excluding hydrogens is 343 g/mol. The highest BCUT2D eigenvalue weighted by Gasteiger charge is 2.48. The largest absolute Gasteiger partial charge is 0.349 e. The van der Waals surface area contributed by atoms with Gasteiger partial charge in [0.05, 0.1) is 10.0 Å². The summed E-state index contributed by atoms with van der Waals surface area (Å²) in [6.07, 6.45) is 4.68. The van der Waals surface area contributed by atoms with Gasteiger partial charge in [-0.3, -0.25) is 4.79 Å². The number of nitrogens with zero attached hydrogens (tertiary/aromatic N) is 1. The van der Waals surface area contributed by atoms with Crippen LogP contribution in [0.15, 0.2) is 18.2 Å². The zero-order chi connectivity index (χ0) is 17.3. The minimum atomic E-state index is -0.0396. The second-order valence-electron chi connectivity index (χ2n) is 7.75. The summed E-state index contributed by atoms with van der Waals surface area (Å²) < 4.78 is 0. The molecule has 1 aromatic carbocycles. The minimum absolute atomic E-state index is 0.0396. The lowest BCUT2D eigenvalue weighted by atomic mass is 9.59. The van der Waals surface area contributed by atoms with E-state index < -0.39 is 0 Å². The number of benzene rings is 1. The maximum Gasteiger partial charge on any atom is 0.251 e. The number of rotatable bonds is 4. The molecule has 1 spiro atoms. The van der Waals surface area contributed by atoms with E-state index in [4.69, 9.17) is 23.2 Å². The highest BCUT2D eigenvalue weighted by molar-refractivity contribution is 6.42. The first-order chi connectivity index (χ1) is 11.4. The van der Waals surface area contributed by atoms with Crippen LogP contribution < -0.4 is 5.32 Å². The molecule has 1 atom stereocenters. The average molecular weight is 369 g/mol. The van der Waals surface area contributed by atoms with E-state index in [0.717, 1.165) is 19.5 Å². The van der Waals surface area contributed by atoms with Gasteiger partial charge in [-0.25, -0.2) is 0 Å². The first-order valence-electron chi connectivity index (χ1n) is 8.88. The van der Waals surface area contributed by atoms with Crippen molar-refractivity contribution in [2.75, 3.05) is 19.6 Å². The summed E-state index contributed by atoms with van der Waals surface area (Å²) in [5, 5.41) is 4.14. The van der Waals surface area contributed by atoms with Crippen LogP contribution >= 0.6 is 23.2 Å². The monoisotopic (exact) mass is 368 g/mol. The van der Waals surface area contributed by atoms with Crippen molar-refractivity contribution in [3.63, 3.8) is 0 Å². The van der Waals surface area contributed by atoms with E-state index in [1.165, 1.54) is 25.8 Å². The Morgan fingerprint density at radius 3 is 2.50 bits per heavy atom. The molecule has 3 rings (SSSR count).